The van der Waals surface area contributed by atoms with E-state index in [0.29, 0.717) is 30.9 Å². The minimum Gasteiger partial charge on any atom is -0.487 e. The van der Waals surface area contributed by atoms with Crippen LogP contribution in [-0.4, -0.2) is 31.5 Å². The average molecular weight is 711 g/mol. The molecule has 0 aliphatic carbocycles. The Morgan fingerprint density at radius 2 is 1.51 bits per heavy atom. The molecule has 274 valence electrons. The van der Waals surface area contributed by atoms with E-state index in [1.807, 2.05) is 59.8 Å². The first-order valence-corrected chi connectivity index (χ1v) is 19.1. The number of hydrogen-bond donors (Lipinski definition) is 1. The van der Waals surface area contributed by atoms with Gasteiger partial charge in [0.05, 0.1) is 11.9 Å². The number of ether oxygens (including phenoxy) is 1. The molecule has 0 spiro atoms. The van der Waals surface area contributed by atoms with Crippen molar-refractivity contribution < 1.29 is 13.9 Å². The molecule has 5 heterocycles. The minimum atomic E-state index is 0.363. The Morgan fingerprint density at radius 1 is 0.792 bits per heavy atom. The van der Waals surface area contributed by atoms with Gasteiger partial charge in [-0.15, -0.1) is 5.10 Å². The number of hydrogen-bond acceptors (Lipinski definition) is 6. The first kappa shape index (κ1) is 37.5. The van der Waals surface area contributed by atoms with Gasteiger partial charge in [0.25, 0.3) is 0 Å². The van der Waals surface area contributed by atoms with E-state index >= 15 is 0 Å². The van der Waals surface area contributed by atoms with Crippen molar-refractivity contribution in [3.63, 3.8) is 0 Å². The Bertz CT molecular complexity index is 1980. The number of pyridine rings is 4. The molecular weight excluding hydrogens is 657 g/mol. The molecule has 53 heavy (non-hydrogen) atoms. The van der Waals surface area contributed by atoms with Crippen molar-refractivity contribution in [1.82, 2.24) is 25.0 Å². The number of rotatable bonds is 19. The van der Waals surface area contributed by atoms with Gasteiger partial charge in [-0.3, -0.25) is 14.6 Å². The Balaban J connectivity index is 1.01. The largest absolute Gasteiger partial charge is 0.487 e. The van der Waals surface area contributed by atoms with Crippen LogP contribution in [0.1, 0.15) is 91.7 Å². The van der Waals surface area contributed by atoms with Crippen LogP contribution in [0.25, 0.3) is 11.3 Å². The molecule has 0 saturated heterocycles. The summed E-state index contributed by atoms with van der Waals surface area (Å²) in [6.07, 6.45) is 21.8. The zero-order valence-electron chi connectivity index (χ0n) is 31.5. The molecule has 0 fully saturated rings. The summed E-state index contributed by atoms with van der Waals surface area (Å²) in [5.41, 5.74) is 13.9. The van der Waals surface area contributed by atoms with Crippen LogP contribution < -0.4 is 19.6 Å². The Labute approximate surface area is 314 Å². The van der Waals surface area contributed by atoms with E-state index in [9.17, 15) is 0 Å². The molecule has 0 aliphatic rings. The van der Waals surface area contributed by atoms with Gasteiger partial charge in [-0.1, -0.05) is 31.2 Å². The Kier molecular flexibility index (Phi) is 13.4. The third kappa shape index (κ3) is 10.9. The van der Waals surface area contributed by atoms with Crippen molar-refractivity contribution in [2.45, 2.75) is 96.9 Å². The average Bonchev–Trinajstić information content (AvgIpc) is 3.66. The SMILES string of the molecule is CCC(CC(CC(C)c1cc[n+](CCCn2cc(COc3cccc(-c4cc(C)ccn4)c3)nn2)cc1)c1cc[n+](CCCN)cc1)c1ccncc1. The predicted molar refractivity (Wildman–Crippen MR) is 208 cm³/mol. The van der Waals surface area contributed by atoms with Crippen LogP contribution in [0, 0.1) is 6.92 Å². The maximum absolute atomic E-state index is 6.06. The zero-order chi connectivity index (χ0) is 36.8. The highest BCUT2D eigenvalue weighted by Crippen LogP contribution is 2.38. The van der Waals surface area contributed by atoms with Crippen molar-refractivity contribution in [2.75, 3.05) is 6.54 Å². The van der Waals surface area contributed by atoms with E-state index in [4.69, 9.17) is 10.5 Å². The lowest BCUT2D eigenvalue weighted by molar-refractivity contribution is -0.697. The minimum absolute atomic E-state index is 0.363. The smallest absolute Gasteiger partial charge is 0.169 e. The summed E-state index contributed by atoms with van der Waals surface area (Å²) < 4.78 is 12.5. The standard InChI is InChI=1S/C44H54N8O/c1-4-36(38-11-18-46-19-12-38)30-41(39-15-26-50(27-16-39)21-6-17-45)29-35(3)37-13-24-51(25-14-37)22-7-23-52-32-42(48-49-52)33-53-43-9-5-8-40(31-43)44-28-34(2)10-20-47-44/h5,8-16,18-20,24-28,31-32,35-36,41H,4,6-7,17,21-23,29-30,33,45H2,1-3H3/q+2. The molecule has 3 atom stereocenters. The van der Waals surface area contributed by atoms with Gasteiger partial charge < -0.3 is 10.5 Å². The number of nitrogens with zero attached hydrogens (tertiary/aromatic N) is 7. The molecule has 5 aromatic heterocycles. The van der Waals surface area contributed by atoms with E-state index in [2.05, 4.69) is 117 Å². The summed E-state index contributed by atoms with van der Waals surface area (Å²) in [5, 5.41) is 8.69. The lowest BCUT2D eigenvalue weighted by atomic mass is 9.79. The quantitative estimate of drug-likeness (QED) is 0.0875. The molecule has 9 heteroatoms. The van der Waals surface area contributed by atoms with E-state index in [0.717, 1.165) is 74.4 Å². The van der Waals surface area contributed by atoms with Crippen LogP contribution in [0.3, 0.4) is 0 Å². The lowest BCUT2D eigenvalue weighted by Crippen LogP contribution is -2.34. The number of aryl methyl sites for hydroxylation is 4. The lowest BCUT2D eigenvalue weighted by Gasteiger charge is -2.26. The fraction of sp³-hybridized carbons (Fsp3) is 0.364. The van der Waals surface area contributed by atoms with Crippen molar-refractivity contribution in [2.24, 2.45) is 5.73 Å². The van der Waals surface area contributed by atoms with Gasteiger partial charge in [0.2, 0.25) is 0 Å². The summed E-state index contributed by atoms with van der Waals surface area (Å²) >= 11 is 0. The maximum atomic E-state index is 6.06. The summed E-state index contributed by atoms with van der Waals surface area (Å²) in [6, 6.07) is 25.7. The van der Waals surface area contributed by atoms with E-state index in [1.165, 1.54) is 22.3 Å². The molecule has 2 N–H and O–H groups in total. The molecule has 6 rings (SSSR count). The number of nitrogens with two attached hydrogens (primary N) is 1. The molecular formula is C44H54N8O+2. The van der Waals surface area contributed by atoms with Crippen LogP contribution in [0.15, 0.2) is 122 Å². The van der Waals surface area contributed by atoms with E-state index in [1.54, 1.807) is 0 Å². The first-order chi connectivity index (χ1) is 26.0. The van der Waals surface area contributed by atoms with Gasteiger partial charge in [0.1, 0.15) is 31.1 Å². The molecule has 0 saturated carbocycles. The molecule has 0 aliphatic heterocycles. The molecule has 6 aromatic rings. The van der Waals surface area contributed by atoms with Crippen LogP contribution >= 0.6 is 0 Å². The van der Waals surface area contributed by atoms with Crippen LogP contribution in [-0.2, 0) is 26.2 Å². The van der Waals surface area contributed by atoms with Gasteiger partial charge in [-0.25, -0.2) is 9.13 Å². The predicted octanol–water partition coefficient (Wildman–Crippen LogP) is 7.50. The van der Waals surface area contributed by atoms with E-state index in [-0.39, 0.29) is 0 Å². The monoisotopic (exact) mass is 710 g/mol. The molecule has 3 unspecified atom stereocenters. The van der Waals surface area contributed by atoms with Gasteiger partial charge in [0.15, 0.2) is 24.8 Å². The summed E-state index contributed by atoms with van der Waals surface area (Å²) in [4.78, 5) is 8.76. The molecule has 0 bridgehead atoms. The maximum Gasteiger partial charge on any atom is 0.169 e. The second-order valence-electron chi connectivity index (χ2n) is 14.2. The van der Waals surface area contributed by atoms with E-state index < -0.39 is 0 Å². The fourth-order valence-corrected chi connectivity index (χ4v) is 7.08. The summed E-state index contributed by atoms with van der Waals surface area (Å²) in [6.45, 7) is 10.5. The molecule has 0 radical (unpaired) electrons. The van der Waals surface area contributed by atoms with Crippen molar-refractivity contribution in [1.29, 1.82) is 0 Å². The highest BCUT2D eigenvalue weighted by atomic mass is 16.5. The van der Waals surface area contributed by atoms with Crippen LogP contribution in [0.5, 0.6) is 5.75 Å². The third-order valence-electron chi connectivity index (χ3n) is 10.2. The highest BCUT2D eigenvalue weighted by molar-refractivity contribution is 5.61. The Morgan fingerprint density at radius 3 is 2.23 bits per heavy atom. The summed E-state index contributed by atoms with van der Waals surface area (Å²) in [5.74, 6) is 2.14. The second-order valence-corrected chi connectivity index (χ2v) is 14.2. The second kappa shape index (κ2) is 19.0. The normalized spacial score (nSPS) is 13.1. The number of aromatic nitrogens is 7. The molecule has 1 aromatic carbocycles. The van der Waals surface area contributed by atoms with Gasteiger partial charge in [-0.2, -0.15) is 0 Å². The van der Waals surface area contributed by atoms with Crippen LogP contribution in [0.4, 0.5) is 0 Å². The summed E-state index contributed by atoms with van der Waals surface area (Å²) in [7, 11) is 0. The van der Waals surface area contributed by atoms with Crippen molar-refractivity contribution in [3.05, 3.63) is 150 Å². The Hall–Kier alpha value is -5.28. The van der Waals surface area contributed by atoms with Gasteiger partial charge in [0, 0.05) is 67.8 Å². The topological polar surface area (TPSA) is 99.5 Å². The molecule has 9 nitrogen and oxygen atoms in total. The van der Waals surface area contributed by atoms with Crippen LogP contribution in [0.2, 0.25) is 0 Å². The molecule has 0 amide bonds. The highest BCUT2D eigenvalue weighted by Gasteiger charge is 2.23. The first-order valence-electron chi connectivity index (χ1n) is 19.1. The van der Waals surface area contributed by atoms with Gasteiger partial charge in [-0.05, 0) is 109 Å². The van der Waals surface area contributed by atoms with Crippen molar-refractivity contribution >= 4 is 0 Å². The zero-order valence-corrected chi connectivity index (χ0v) is 31.5. The van der Waals surface area contributed by atoms with Gasteiger partial charge >= 0.3 is 0 Å². The van der Waals surface area contributed by atoms with Crippen molar-refractivity contribution in [3.8, 4) is 17.0 Å². The third-order valence-corrected chi connectivity index (χ3v) is 10.2. The fourth-order valence-electron chi connectivity index (χ4n) is 7.08. The number of benzene rings is 1.